The largest absolute Gasteiger partial charge is 0.497 e. The first-order valence-electron chi connectivity index (χ1n) is 12.6. The van der Waals surface area contributed by atoms with Crippen LogP contribution in [0.1, 0.15) is 22.8 Å². The Bertz CT molecular complexity index is 1400. The van der Waals surface area contributed by atoms with Crippen molar-refractivity contribution in [2.75, 3.05) is 54.1 Å². The first-order valence-corrected chi connectivity index (χ1v) is 14.0. The lowest BCUT2D eigenvalue weighted by molar-refractivity contribution is 0.00763. The smallest absolute Gasteiger partial charge is 0.243 e. The van der Waals surface area contributed by atoms with Crippen molar-refractivity contribution >= 4 is 10.0 Å². The van der Waals surface area contributed by atoms with Crippen LogP contribution in [-0.4, -0.2) is 71.7 Å². The number of benzene rings is 3. The van der Waals surface area contributed by atoms with E-state index >= 15 is 0 Å². The summed E-state index contributed by atoms with van der Waals surface area (Å²) in [6.07, 6.45) is -0.259. The molecule has 0 spiro atoms. The van der Waals surface area contributed by atoms with Crippen LogP contribution in [-0.2, 0) is 21.4 Å². The van der Waals surface area contributed by atoms with Crippen molar-refractivity contribution in [1.29, 1.82) is 5.26 Å². The third kappa shape index (κ3) is 6.88. The molecule has 1 aliphatic heterocycles. The molecule has 10 heteroatoms. The van der Waals surface area contributed by atoms with Crippen molar-refractivity contribution in [3.05, 3.63) is 83.4 Å². The molecule has 1 atom stereocenters. The van der Waals surface area contributed by atoms with Crippen molar-refractivity contribution in [3.8, 4) is 23.3 Å². The van der Waals surface area contributed by atoms with E-state index < -0.39 is 10.0 Å². The molecule has 0 bridgehead atoms. The van der Waals surface area contributed by atoms with Gasteiger partial charge in [0.2, 0.25) is 10.0 Å². The van der Waals surface area contributed by atoms with E-state index in [4.69, 9.17) is 24.2 Å². The number of hydrogen-bond acceptors (Lipinski definition) is 8. The second-order valence-electron chi connectivity index (χ2n) is 9.11. The fourth-order valence-electron chi connectivity index (χ4n) is 4.48. The molecule has 0 aliphatic carbocycles. The van der Waals surface area contributed by atoms with Gasteiger partial charge in [0.25, 0.3) is 0 Å². The van der Waals surface area contributed by atoms with Gasteiger partial charge in [0.1, 0.15) is 5.75 Å². The molecule has 1 fully saturated rings. The monoisotopic (exact) mass is 551 g/mol. The predicted octanol–water partition coefficient (Wildman–Crippen LogP) is 3.85. The van der Waals surface area contributed by atoms with Gasteiger partial charge in [-0.2, -0.15) is 9.57 Å². The van der Waals surface area contributed by atoms with Gasteiger partial charge in [0, 0.05) is 38.8 Å². The molecule has 1 aliphatic rings. The molecule has 0 amide bonds. The highest BCUT2D eigenvalue weighted by atomic mass is 32.2. The van der Waals surface area contributed by atoms with Gasteiger partial charge in [-0.05, 0) is 47.5 Å². The first-order chi connectivity index (χ1) is 18.9. The molecule has 3 aromatic carbocycles. The fourth-order valence-corrected chi connectivity index (χ4v) is 5.92. The second-order valence-corrected chi connectivity index (χ2v) is 11.0. The third-order valence-electron chi connectivity index (χ3n) is 6.75. The number of nitriles is 1. The fraction of sp³-hybridized carbons (Fsp3) is 0.345. The summed E-state index contributed by atoms with van der Waals surface area (Å²) in [5, 5.41) is 9.06. The van der Waals surface area contributed by atoms with Crippen LogP contribution in [0.2, 0.25) is 0 Å². The number of methoxy groups -OCH3 is 3. The number of rotatable bonds is 11. The Labute approximate surface area is 230 Å². The summed E-state index contributed by atoms with van der Waals surface area (Å²) in [5.41, 5.74) is 2.54. The van der Waals surface area contributed by atoms with Crippen LogP contribution in [0.5, 0.6) is 17.2 Å². The van der Waals surface area contributed by atoms with E-state index in [1.807, 2.05) is 36.4 Å². The Hall–Kier alpha value is -3.62. The second kappa shape index (κ2) is 13.0. The molecular weight excluding hydrogens is 518 g/mol. The molecule has 0 saturated carbocycles. The van der Waals surface area contributed by atoms with Crippen molar-refractivity contribution in [2.24, 2.45) is 0 Å². The minimum Gasteiger partial charge on any atom is -0.497 e. The minimum atomic E-state index is -3.68. The zero-order chi connectivity index (χ0) is 27.8. The quantitative estimate of drug-likeness (QED) is 0.354. The van der Waals surface area contributed by atoms with Gasteiger partial charge in [-0.25, -0.2) is 8.42 Å². The predicted molar refractivity (Wildman–Crippen MR) is 146 cm³/mol. The number of hydrogen-bond donors (Lipinski definition) is 0. The normalized spacial score (nSPS) is 15.3. The maximum Gasteiger partial charge on any atom is 0.243 e. The molecule has 0 N–H and O–H groups in total. The first kappa shape index (κ1) is 28.4. The lowest BCUT2D eigenvalue weighted by Gasteiger charge is -2.36. The number of nitrogens with zero attached hydrogens (tertiary/aromatic N) is 3. The highest BCUT2D eigenvalue weighted by Crippen LogP contribution is 2.31. The molecule has 9 nitrogen and oxygen atoms in total. The Kier molecular flexibility index (Phi) is 9.43. The number of sulfonamides is 1. The van der Waals surface area contributed by atoms with Gasteiger partial charge in [0.15, 0.2) is 11.5 Å². The molecule has 1 heterocycles. The standard InChI is InChI=1S/C29H33N3O6S/c1-35-25-6-4-5-24(17-25)29(38-21-23-9-7-22(19-30)8-10-23)20-31-13-15-32(16-14-31)39(33,34)26-11-12-27(36-2)28(18-26)37-3/h4-12,17-18,29H,13-16,20-21H2,1-3H3. The summed E-state index contributed by atoms with van der Waals surface area (Å²) >= 11 is 0. The van der Waals surface area contributed by atoms with Gasteiger partial charge >= 0.3 is 0 Å². The maximum atomic E-state index is 13.3. The number of piperazine rings is 1. The number of ether oxygens (including phenoxy) is 4. The van der Waals surface area contributed by atoms with Crippen molar-refractivity contribution in [2.45, 2.75) is 17.6 Å². The van der Waals surface area contributed by atoms with Crippen LogP contribution < -0.4 is 14.2 Å². The maximum absolute atomic E-state index is 13.3. The summed E-state index contributed by atoms with van der Waals surface area (Å²) in [6.45, 7) is 2.81. The average molecular weight is 552 g/mol. The van der Waals surface area contributed by atoms with Crippen LogP contribution in [0.15, 0.2) is 71.6 Å². The van der Waals surface area contributed by atoms with Gasteiger partial charge in [0.05, 0.1) is 50.6 Å². The highest BCUT2D eigenvalue weighted by Gasteiger charge is 2.30. The molecule has 39 heavy (non-hydrogen) atoms. The highest BCUT2D eigenvalue weighted by molar-refractivity contribution is 7.89. The summed E-state index contributed by atoms with van der Waals surface area (Å²) in [5.74, 6) is 1.59. The zero-order valence-corrected chi connectivity index (χ0v) is 23.2. The lowest BCUT2D eigenvalue weighted by atomic mass is 10.1. The molecule has 0 aromatic heterocycles. The van der Waals surface area contributed by atoms with Gasteiger partial charge in [-0.15, -0.1) is 0 Å². The van der Waals surface area contributed by atoms with E-state index in [1.165, 1.54) is 24.6 Å². The topological polar surface area (TPSA) is 101 Å². The summed E-state index contributed by atoms with van der Waals surface area (Å²) in [6, 6.07) is 21.9. The molecule has 4 rings (SSSR count). The third-order valence-corrected chi connectivity index (χ3v) is 8.64. The molecule has 1 saturated heterocycles. The Balaban J connectivity index is 1.44. The van der Waals surface area contributed by atoms with E-state index in [9.17, 15) is 8.42 Å². The van der Waals surface area contributed by atoms with Crippen LogP contribution in [0.3, 0.4) is 0 Å². The Morgan fingerprint density at radius 2 is 1.59 bits per heavy atom. The van der Waals surface area contributed by atoms with Crippen LogP contribution >= 0.6 is 0 Å². The zero-order valence-electron chi connectivity index (χ0n) is 22.4. The molecule has 1 unspecified atom stereocenters. The lowest BCUT2D eigenvalue weighted by Crippen LogP contribution is -2.49. The van der Waals surface area contributed by atoms with E-state index in [-0.39, 0.29) is 11.0 Å². The molecular formula is C29H33N3O6S. The molecule has 206 valence electrons. The summed E-state index contributed by atoms with van der Waals surface area (Å²) < 4.78 is 50.5. The van der Waals surface area contributed by atoms with Crippen LogP contribution in [0.4, 0.5) is 0 Å². The van der Waals surface area contributed by atoms with E-state index in [2.05, 4.69) is 11.0 Å². The van der Waals surface area contributed by atoms with Gasteiger partial charge in [-0.1, -0.05) is 24.3 Å². The Morgan fingerprint density at radius 1 is 0.872 bits per heavy atom. The average Bonchev–Trinajstić information content (AvgIpc) is 2.99. The SMILES string of the molecule is COc1cccc(C(CN2CCN(S(=O)(=O)c3ccc(OC)c(OC)c3)CC2)OCc2ccc(C#N)cc2)c1. The van der Waals surface area contributed by atoms with Crippen molar-refractivity contribution in [1.82, 2.24) is 9.21 Å². The van der Waals surface area contributed by atoms with Gasteiger partial charge in [-0.3, -0.25) is 4.90 Å². The van der Waals surface area contributed by atoms with Crippen LogP contribution in [0.25, 0.3) is 0 Å². The van der Waals surface area contributed by atoms with Crippen LogP contribution in [0, 0.1) is 11.3 Å². The van der Waals surface area contributed by atoms with E-state index in [0.717, 1.165) is 16.9 Å². The summed E-state index contributed by atoms with van der Waals surface area (Å²) in [4.78, 5) is 2.39. The molecule has 3 aromatic rings. The van der Waals surface area contributed by atoms with Crippen molar-refractivity contribution < 1.29 is 27.4 Å². The Morgan fingerprint density at radius 3 is 2.23 bits per heavy atom. The van der Waals surface area contributed by atoms with Crippen molar-refractivity contribution in [3.63, 3.8) is 0 Å². The van der Waals surface area contributed by atoms with E-state index in [1.54, 1.807) is 31.4 Å². The minimum absolute atomic E-state index is 0.175. The summed E-state index contributed by atoms with van der Waals surface area (Å²) in [7, 11) is 0.938. The van der Waals surface area contributed by atoms with E-state index in [0.29, 0.717) is 56.4 Å². The molecule has 0 radical (unpaired) electrons. The van der Waals surface area contributed by atoms with Gasteiger partial charge < -0.3 is 18.9 Å².